The van der Waals surface area contributed by atoms with Gasteiger partial charge in [-0.2, -0.15) is 0 Å². The Balaban J connectivity index is 4.34. The summed E-state index contributed by atoms with van der Waals surface area (Å²) in [5.41, 5.74) is 0. The first-order valence-corrected chi connectivity index (χ1v) is 29.5. The van der Waals surface area contributed by atoms with Gasteiger partial charge < -0.3 is 14.2 Å². The summed E-state index contributed by atoms with van der Waals surface area (Å²) in [6.07, 6.45) is 67.1. The predicted octanol–water partition coefficient (Wildman–Crippen LogP) is 19.7. The molecule has 6 heteroatoms. The number of rotatable bonds is 54. The Kier molecular flexibility index (Phi) is 54.2. The van der Waals surface area contributed by atoms with Gasteiger partial charge in [0.05, 0.1) is 0 Å². The maximum Gasteiger partial charge on any atom is 0.306 e. The minimum absolute atomic E-state index is 0.0725. The topological polar surface area (TPSA) is 78.9 Å². The second kappa shape index (κ2) is 56.2. The van der Waals surface area contributed by atoms with E-state index in [-0.39, 0.29) is 31.1 Å². The lowest BCUT2D eigenvalue weighted by Gasteiger charge is -2.18. The van der Waals surface area contributed by atoms with Gasteiger partial charge in [-0.15, -0.1) is 0 Å². The summed E-state index contributed by atoms with van der Waals surface area (Å²) < 4.78 is 16.9. The standard InChI is InChI=1S/C61H112O6/c1-4-7-10-13-16-19-22-25-28-30-31-34-36-39-42-45-48-51-54-60(63)66-57-58(56-65-59(62)53-50-47-44-41-38-35-32-27-24-21-18-15-12-9-6-3)67-61(64)55-52-49-46-43-40-37-33-29-26-23-20-17-14-11-8-5-2/h9,12,18,21,27,32,58H,4-8,10-11,13-17,19-20,22-26,28-31,33-57H2,1-3H3/b12-9-,21-18-,32-27-. The zero-order chi connectivity index (χ0) is 48.6. The molecule has 6 nitrogen and oxygen atoms in total. The molecule has 0 aliphatic heterocycles. The first kappa shape index (κ1) is 64.6. The van der Waals surface area contributed by atoms with Crippen molar-refractivity contribution in [2.24, 2.45) is 0 Å². The van der Waals surface area contributed by atoms with E-state index in [1.54, 1.807) is 0 Å². The van der Waals surface area contributed by atoms with E-state index in [9.17, 15) is 14.4 Å². The Bertz CT molecular complexity index is 1130. The van der Waals surface area contributed by atoms with Crippen LogP contribution in [0.1, 0.15) is 316 Å². The number of carbonyl (C=O) groups excluding carboxylic acids is 3. The molecule has 0 heterocycles. The maximum atomic E-state index is 12.9. The van der Waals surface area contributed by atoms with Gasteiger partial charge in [-0.05, 0) is 51.4 Å². The fraction of sp³-hybridized carbons (Fsp3) is 0.852. The third kappa shape index (κ3) is 54.4. The van der Waals surface area contributed by atoms with E-state index in [2.05, 4.69) is 57.2 Å². The van der Waals surface area contributed by atoms with Crippen molar-refractivity contribution in [2.75, 3.05) is 13.2 Å². The Hall–Kier alpha value is -2.37. The van der Waals surface area contributed by atoms with E-state index >= 15 is 0 Å². The molecule has 1 atom stereocenters. The molecule has 0 aromatic carbocycles. The number of unbranched alkanes of at least 4 members (excludes halogenated alkanes) is 37. The summed E-state index contributed by atoms with van der Waals surface area (Å²) in [6.45, 7) is 6.57. The Labute approximate surface area is 416 Å². The van der Waals surface area contributed by atoms with Crippen molar-refractivity contribution in [1.82, 2.24) is 0 Å². The number of carbonyl (C=O) groups is 3. The Morgan fingerprint density at radius 1 is 0.313 bits per heavy atom. The van der Waals surface area contributed by atoms with Crippen molar-refractivity contribution in [3.05, 3.63) is 36.5 Å². The van der Waals surface area contributed by atoms with E-state index in [0.717, 1.165) is 96.3 Å². The molecule has 0 aromatic rings. The molecule has 0 saturated carbocycles. The van der Waals surface area contributed by atoms with Gasteiger partial charge in [0.15, 0.2) is 6.10 Å². The lowest BCUT2D eigenvalue weighted by atomic mass is 10.0. The lowest BCUT2D eigenvalue weighted by molar-refractivity contribution is -0.167. The third-order valence-electron chi connectivity index (χ3n) is 13.2. The highest BCUT2D eigenvalue weighted by atomic mass is 16.6. The predicted molar refractivity (Wildman–Crippen MR) is 289 cm³/mol. The monoisotopic (exact) mass is 941 g/mol. The van der Waals surface area contributed by atoms with Crippen molar-refractivity contribution in [3.8, 4) is 0 Å². The van der Waals surface area contributed by atoms with Gasteiger partial charge in [-0.1, -0.05) is 282 Å². The molecule has 0 N–H and O–H groups in total. The summed E-state index contributed by atoms with van der Waals surface area (Å²) in [7, 11) is 0. The van der Waals surface area contributed by atoms with Crippen molar-refractivity contribution in [2.45, 2.75) is 322 Å². The Morgan fingerprint density at radius 2 is 0.582 bits per heavy atom. The molecule has 392 valence electrons. The van der Waals surface area contributed by atoms with Gasteiger partial charge in [0.1, 0.15) is 13.2 Å². The number of esters is 3. The summed E-state index contributed by atoms with van der Waals surface area (Å²) in [6, 6.07) is 0. The van der Waals surface area contributed by atoms with Crippen LogP contribution in [0.5, 0.6) is 0 Å². The van der Waals surface area contributed by atoms with Crippen LogP contribution < -0.4 is 0 Å². The zero-order valence-electron chi connectivity index (χ0n) is 44.9. The van der Waals surface area contributed by atoms with Crippen LogP contribution in [0.2, 0.25) is 0 Å². The highest BCUT2D eigenvalue weighted by Crippen LogP contribution is 2.17. The van der Waals surface area contributed by atoms with Gasteiger partial charge in [0.2, 0.25) is 0 Å². The highest BCUT2D eigenvalue weighted by molar-refractivity contribution is 5.71. The van der Waals surface area contributed by atoms with Crippen molar-refractivity contribution >= 4 is 17.9 Å². The molecule has 0 bridgehead atoms. The second-order valence-electron chi connectivity index (χ2n) is 19.9. The largest absolute Gasteiger partial charge is 0.462 e. The molecule has 0 aliphatic carbocycles. The average Bonchev–Trinajstić information content (AvgIpc) is 3.33. The van der Waals surface area contributed by atoms with Crippen molar-refractivity contribution < 1.29 is 28.6 Å². The maximum absolute atomic E-state index is 12.9. The second-order valence-corrected chi connectivity index (χ2v) is 19.9. The first-order chi connectivity index (χ1) is 33.0. The zero-order valence-corrected chi connectivity index (χ0v) is 44.9. The molecule has 0 fully saturated rings. The molecule has 0 aliphatic rings. The quantitative estimate of drug-likeness (QED) is 0.0262. The minimum atomic E-state index is -0.775. The lowest BCUT2D eigenvalue weighted by Crippen LogP contribution is -2.30. The SMILES string of the molecule is CC/C=C\C/C=C\C/C=C\CCCCCCCC(=O)OCC(COC(=O)CCCCCCCCCCCCCCCCCCCC)OC(=O)CCCCCCCCCCCCCCCCCC. The van der Waals surface area contributed by atoms with Gasteiger partial charge >= 0.3 is 17.9 Å². The van der Waals surface area contributed by atoms with Crippen LogP contribution in [0, 0.1) is 0 Å². The molecule has 0 radical (unpaired) electrons. The number of hydrogen-bond donors (Lipinski definition) is 0. The summed E-state index contributed by atoms with van der Waals surface area (Å²) >= 11 is 0. The van der Waals surface area contributed by atoms with Gasteiger partial charge in [-0.3, -0.25) is 14.4 Å². The molecule has 0 aromatic heterocycles. The van der Waals surface area contributed by atoms with Crippen LogP contribution in [-0.4, -0.2) is 37.2 Å². The highest BCUT2D eigenvalue weighted by Gasteiger charge is 2.19. The van der Waals surface area contributed by atoms with Gasteiger partial charge in [-0.25, -0.2) is 0 Å². The summed E-state index contributed by atoms with van der Waals surface area (Å²) in [5.74, 6) is -0.869. The molecule has 0 spiro atoms. The molecular formula is C61H112O6. The summed E-state index contributed by atoms with van der Waals surface area (Å²) in [4.78, 5) is 38.2. The fourth-order valence-electron chi connectivity index (χ4n) is 8.75. The molecule has 1 unspecified atom stereocenters. The van der Waals surface area contributed by atoms with Crippen molar-refractivity contribution in [1.29, 1.82) is 0 Å². The molecule has 0 amide bonds. The number of hydrogen-bond acceptors (Lipinski definition) is 6. The minimum Gasteiger partial charge on any atom is -0.462 e. The molecule has 0 saturated heterocycles. The van der Waals surface area contributed by atoms with E-state index in [4.69, 9.17) is 14.2 Å². The number of allylic oxidation sites excluding steroid dienone is 6. The van der Waals surface area contributed by atoms with E-state index in [1.807, 2.05) is 0 Å². The van der Waals surface area contributed by atoms with Gasteiger partial charge in [0, 0.05) is 19.3 Å². The van der Waals surface area contributed by atoms with Crippen LogP contribution in [0.3, 0.4) is 0 Å². The van der Waals surface area contributed by atoms with E-state index in [1.165, 1.54) is 180 Å². The third-order valence-corrected chi connectivity index (χ3v) is 13.2. The summed E-state index contributed by atoms with van der Waals surface area (Å²) in [5, 5.41) is 0. The smallest absolute Gasteiger partial charge is 0.306 e. The van der Waals surface area contributed by atoms with Crippen LogP contribution in [0.4, 0.5) is 0 Å². The normalized spacial score (nSPS) is 12.2. The fourth-order valence-corrected chi connectivity index (χ4v) is 8.75. The van der Waals surface area contributed by atoms with Gasteiger partial charge in [0.25, 0.3) is 0 Å². The van der Waals surface area contributed by atoms with Crippen molar-refractivity contribution in [3.63, 3.8) is 0 Å². The average molecular weight is 942 g/mol. The van der Waals surface area contributed by atoms with Crippen LogP contribution in [-0.2, 0) is 28.6 Å². The van der Waals surface area contributed by atoms with Crippen LogP contribution in [0.15, 0.2) is 36.5 Å². The van der Waals surface area contributed by atoms with Crippen LogP contribution in [0.25, 0.3) is 0 Å². The molecular weight excluding hydrogens is 829 g/mol. The first-order valence-electron chi connectivity index (χ1n) is 29.5. The molecule has 67 heavy (non-hydrogen) atoms. The van der Waals surface area contributed by atoms with E-state index in [0.29, 0.717) is 19.3 Å². The van der Waals surface area contributed by atoms with Crippen LogP contribution >= 0.6 is 0 Å². The Morgan fingerprint density at radius 3 is 0.910 bits per heavy atom. The number of ether oxygens (including phenoxy) is 3. The van der Waals surface area contributed by atoms with E-state index < -0.39 is 6.10 Å². The molecule has 0 rings (SSSR count).